The normalized spacial score (nSPS) is 20.6. The van der Waals surface area contributed by atoms with E-state index >= 15 is 0 Å². The SMILES string of the molecule is N#Cc1ccc(N2CCC(N3CCCC(c4nc5ccccc5c(=O)[nH]4)C3)CC2)cc1. The molecule has 2 fully saturated rings. The molecule has 0 spiro atoms. The molecule has 0 radical (unpaired) electrons. The van der Waals surface area contributed by atoms with Gasteiger partial charge in [-0.05, 0) is 68.6 Å². The van der Waals surface area contributed by atoms with E-state index in [9.17, 15) is 4.79 Å². The highest BCUT2D eigenvalue weighted by atomic mass is 16.1. The second-order valence-corrected chi connectivity index (χ2v) is 8.68. The second-order valence-electron chi connectivity index (χ2n) is 8.68. The van der Waals surface area contributed by atoms with Gasteiger partial charge in [0.1, 0.15) is 5.82 Å². The first kappa shape index (κ1) is 19.8. The Bertz CT molecular complexity index is 1150. The van der Waals surface area contributed by atoms with Crippen molar-refractivity contribution >= 4 is 16.6 Å². The van der Waals surface area contributed by atoms with Crippen molar-refractivity contribution in [3.63, 3.8) is 0 Å². The van der Waals surface area contributed by atoms with Crippen LogP contribution < -0.4 is 10.5 Å². The summed E-state index contributed by atoms with van der Waals surface area (Å²) in [5.74, 6) is 1.12. The highest BCUT2D eigenvalue weighted by Gasteiger charge is 2.30. The number of piperidine rings is 2. The van der Waals surface area contributed by atoms with Crippen molar-refractivity contribution in [2.24, 2.45) is 0 Å². The zero-order chi connectivity index (χ0) is 21.2. The average molecular weight is 414 g/mol. The van der Waals surface area contributed by atoms with Crippen molar-refractivity contribution < 1.29 is 0 Å². The maximum absolute atomic E-state index is 12.5. The highest BCUT2D eigenvalue weighted by molar-refractivity contribution is 5.77. The lowest BCUT2D eigenvalue weighted by Gasteiger charge is -2.42. The number of aromatic nitrogens is 2. The van der Waals surface area contributed by atoms with Crippen LogP contribution in [0.4, 0.5) is 5.69 Å². The van der Waals surface area contributed by atoms with Gasteiger partial charge in [-0.15, -0.1) is 0 Å². The van der Waals surface area contributed by atoms with Gasteiger partial charge in [0, 0.05) is 37.3 Å². The van der Waals surface area contributed by atoms with E-state index in [1.54, 1.807) is 0 Å². The maximum atomic E-state index is 12.5. The summed E-state index contributed by atoms with van der Waals surface area (Å²) >= 11 is 0. The van der Waals surface area contributed by atoms with Crippen LogP contribution in [0.15, 0.2) is 53.3 Å². The molecule has 1 N–H and O–H groups in total. The van der Waals surface area contributed by atoms with Crippen LogP contribution in [0, 0.1) is 11.3 Å². The Balaban J connectivity index is 1.25. The van der Waals surface area contributed by atoms with Crippen molar-refractivity contribution in [3.8, 4) is 6.07 Å². The predicted octanol–water partition coefficient (Wildman–Crippen LogP) is 3.64. The number of hydrogen-bond donors (Lipinski definition) is 1. The second kappa shape index (κ2) is 8.52. The Kier molecular flexibility index (Phi) is 5.44. The molecule has 0 bridgehead atoms. The van der Waals surface area contributed by atoms with Crippen LogP contribution in [0.2, 0.25) is 0 Å². The molecule has 6 nitrogen and oxygen atoms in total. The first-order valence-corrected chi connectivity index (χ1v) is 11.2. The molecule has 2 aliphatic rings. The van der Waals surface area contributed by atoms with E-state index in [2.05, 4.69) is 33.0 Å². The van der Waals surface area contributed by atoms with Crippen molar-refractivity contribution in [2.45, 2.75) is 37.6 Å². The van der Waals surface area contributed by atoms with Gasteiger partial charge in [0.05, 0.1) is 22.5 Å². The van der Waals surface area contributed by atoms with E-state index < -0.39 is 0 Å². The summed E-state index contributed by atoms with van der Waals surface area (Å²) in [6, 6.07) is 18.2. The van der Waals surface area contributed by atoms with Gasteiger partial charge in [-0.1, -0.05) is 12.1 Å². The number of nitriles is 1. The van der Waals surface area contributed by atoms with E-state index in [0.29, 0.717) is 17.0 Å². The molecule has 1 aromatic heterocycles. The fraction of sp³-hybridized carbons (Fsp3) is 0.400. The predicted molar refractivity (Wildman–Crippen MR) is 122 cm³/mol. The van der Waals surface area contributed by atoms with Crippen LogP contribution in [-0.2, 0) is 0 Å². The van der Waals surface area contributed by atoms with Crippen molar-refractivity contribution in [3.05, 3.63) is 70.3 Å². The van der Waals surface area contributed by atoms with Gasteiger partial charge in [0.15, 0.2) is 0 Å². The summed E-state index contributed by atoms with van der Waals surface area (Å²) < 4.78 is 0. The molecule has 1 unspecified atom stereocenters. The number of rotatable bonds is 3. The van der Waals surface area contributed by atoms with Crippen molar-refractivity contribution in [2.75, 3.05) is 31.1 Å². The van der Waals surface area contributed by atoms with E-state index in [0.717, 1.165) is 63.2 Å². The third kappa shape index (κ3) is 4.06. The molecular formula is C25H27N5O. The fourth-order valence-electron chi connectivity index (χ4n) is 5.10. The molecule has 2 aliphatic heterocycles. The zero-order valence-electron chi connectivity index (χ0n) is 17.6. The number of likely N-dealkylation sites (tertiary alicyclic amines) is 1. The van der Waals surface area contributed by atoms with Gasteiger partial charge in [-0.2, -0.15) is 5.26 Å². The number of anilines is 1. The number of benzene rings is 2. The van der Waals surface area contributed by atoms with Crippen LogP contribution in [0.3, 0.4) is 0 Å². The molecule has 2 saturated heterocycles. The lowest BCUT2D eigenvalue weighted by molar-refractivity contribution is 0.126. The number of hydrogen-bond acceptors (Lipinski definition) is 5. The summed E-state index contributed by atoms with van der Waals surface area (Å²) in [5, 5.41) is 9.66. The Morgan fingerprint density at radius 1 is 1.00 bits per heavy atom. The van der Waals surface area contributed by atoms with Gasteiger partial charge < -0.3 is 9.88 Å². The molecule has 0 amide bonds. The maximum Gasteiger partial charge on any atom is 0.258 e. The number of para-hydroxylation sites is 1. The Labute approximate surface area is 182 Å². The standard InChI is InChI=1S/C25H27N5O/c26-16-18-7-9-20(10-8-18)29-14-11-21(12-15-29)30-13-3-4-19(17-30)24-27-23-6-2-1-5-22(23)25(31)28-24/h1-2,5-10,19,21H,3-4,11-15,17H2,(H,27,28,31). The molecule has 5 rings (SSSR count). The van der Waals surface area contributed by atoms with Crippen LogP contribution in [0.25, 0.3) is 10.9 Å². The Hall–Kier alpha value is -3.17. The smallest absolute Gasteiger partial charge is 0.258 e. The number of nitrogens with one attached hydrogen (secondary N) is 1. The highest BCUT2D eigenvalue weighted by Crippen LogP contribution is 2.30. The lowest BCUT2D eigenvalue weighted by atomic mass is 9.93. The van der Waals surface area contributed by atoms with Gasteiger partial charge in [-0.25, -0.2) is 4.98 Å². The minimum Gasteiger partial charge on any atom is -0.371 e. The average Bonchev–Trinajstić information content (AvgIpc) is 2.84. The molecular weight excluding hydrogens is 386 g/mol. The molecule has 1 atom stereocenters. The van der Waals surface area contributed by atoms with Gasteiger partial charge >= 0.3 is 0 Å². The topological polar surface area (TPSA) is 76.0 Å². The van der Waals surface area contributed by atoms with Crippen molar-refractivity contribution in [1.82, 2.24) is 14.9 Å². The van der Waals surface area contributed by atoms with Gasteiger partial charge in [0.2, 0.25) is 0 Å². The molecule has 2 aromatic carbocycles. The molecule has 3 heterocycles. The van der Waals surface area contributed by atoms with Crippen LogP contribution in [-0.4, -0.2) is 47.1 Å². The van der Waals surface area contributed by atoms with Gasteiger partial charge in [0.25, 0.3) is 5.56 Å². The summed E-state index contributed by atoms with van der Waals surface area (Å²) in [5.41, 5.74) is 2.66. The summed E-state index contributed by atoms with van der Waals surface area (Å²) in [7, 11) is 0. The third-order valence-corrected chi connectivity index (χ3v) is 6.81. The number of nitrogens with zero attached hydrogens (tertiary/aromatic N) is 4. The molecule has 6 heteroatoms. The minimum absolute atomic E-state index is 0.0338. The number of aromatic amines is 1. The summed E-state index contributed by atoms with van der Waals surface area (Å²) in [6.45, 7) is 4.14. The molecule has 0 aliphatic carbocycles. The lowest BCUT2D eigenvalue weighted by Crippen LogP contribution is -2.48. The molecule has 158 valence electrons. The van der Waals surface area contributed by atoms with Crippen LogP contribution in [0.5, 0.6) is 0 Å². The van der Waals surface area contributed by atoms with Crippen LogP contribution in [0.1, 0.15) is 43.0 Å². The quantitative estimate of drug-likeness (QED) is 0.709. The van der Waals surface area contributed by atoms with E-state index in [4.69, 9.17) is 10.2 Å². The minimum atomic E-state index is -0.0338. The molecule has 31 heavy (non-hydrogen) atoms. The zero-order valence-corrected chi connectivity index (χ0v) is 17.6. The first-order chi connectivity index (χ1) is 15.2. The van der Waals surface area contributed by atoms with Crippen LogP contribution >= 0.6 is 0 Å². The monoisotopic (exact) mass is 413 g/mol. The van der Waals surface area contributed by atoms with E-state index in [1.165, 1.54) is 5.69 Å². The Morgan fingerprint density at radius 2 is 1.77 bits per heavy atom. The summed E-state index contributed by atoms with van der Waals surface area (Å²) in [6.07, 6.45) is 4.47. The summed E-state index contributed by atoms with van der Waals surface area (Å²) in [4.78, 5) is 25.4. The van der Waals surface area contributed by atoms with E-state index in [-0.39, 0.29) is 11.5 Å². The van der Waals surface area contributed by atoms with E-state index in [1.807, 2.05) is 36.4 Å². The molecule has 3 aromatic rings. The van der Waals surface area contributed by atoms with Gasteiger partial charge in [-0.3, -0.25) is 9.69 Å². The third-order valence-electron chi connectivity index (χ3n) is 6.81. The Morgan fingerprint density at radius 3 is 2.55 bits per heavy atom. The fourth-order valence-corrected chi connectivity index (χ4v) is 5.10. The number of H-pyrrole nitrogens is 1. The molecule has 0 saturated carbocycles. The number of fused-ring (bicyclic) bond motifs is 1. The first-order valence-electron chi connectivity index (χ1n) is 11.2. The largest absolute Gasteiger partial charge is 0.371 e. The van der Waals surface area contributed by atoms with Crippen molar-refractivity contribution in [1.29, 1.82) is 5.26 Å².